The molecule has 28 heavy (non-hydrogen) atoms. The Morgan fingerprint density at radius 3 is 1.68 bits per heavy atom. The summed E-state index contributed by atoms with van der Waals surface area (Å²) in [7, 11) is 0. The molecule has 0 amide bonds. The van der Waals surface area contributed by atoms with Crippen molar-refractivity contribution in [2.45, 2.75) is 46.0 Å². The van der Waals surface area contributed by atoms with Crippen molar-refractivity contribution in [3.05, 3.63) is 68.6 Å². The van der Waals surface area contributed by atoms with Gasteiger partial charge in [-0.1, -0.05) is 69.5 Å². The van der Waals surface area contributed by atoms with Gasteiger partial charge in [0.05, 0.1) is 0 Å². The number of ketones is 1. The predicted molar refractivity (Wildman–Crippen MR) is 128 cm³/mol. The third-order valence-corrected chi connectivity index (χ3v) is 4.70. The van der Waals surface area contributed by atoms with E-state index in [0.29, 0.717) is 6.42 Å². The Labute approximate surface area is 211 Å². The first-order valence-electron chi connectivity index (χ1n) is 9.07. The van der Waals surface area contributed by atoms with Crippen LogP contribution >= 0.6 is 31.9 Å². The Morgan fingerprint density at radius 1 is 0.929 bits per heavy atom. The van der Waals surface area contributed by atoms with Crippen molar-refractivity contribution in [2.24, 2.45) is 0 Å². The normalized spacial score (nSPS) is 11.6. The fourth-order valence-electron chi connectivity index (χ4n) is 2.34. The van der Waals surface area contributed by atoms with Gasteiger partial charge < -0.3 is 6.16 Å². The third kappa shape index (κ3) is 16.0. The van der Waals surface area contributed by atoms with Crippen LogP contribution in [0.3, 0.4) is 0 Å². The molecule has 1 heterocycles. The van der Waals surface area contributed by atoms with Crippen LogP contribution in [0, 0.1) is 0 Å². The number of carbonyl (C=O) groups excluding carboxylic acids is 1. The summed E-state index contributed by atoms with van der Waals surface area (Å²) in [6.45, 7) is 5.80. The van der Waals surface area contributed by atoms with Gasteiger partial charge in [0.1, 0.15) is 5.78 Å². The molecule has 0 radical (unpaired) electrons. The van der Waals surface area contributed by atoms with Crippen LogP contribution in [0.25, 0.3) is 0 Å². The minimum Gasteiger partial charge on any atom is -1.00 e. The van der Waals surface area contributed by atoms with E-state index < -0.39 is 0 Å². The molecule has 1 aliphatic heterocycles. The van der Waals surface area contributed by atoms with Gasteiger partial charge in [0, 0.05) is 28.6 Å². The summed E-state index contributed by atoms with van der Waals surface area (Å²) in [4.78, 5) is 10.7. The molecule has 0 saturated carbocycles. The van der Waals surface area contributed by atoms with Crippen LogP contribution in [-0.4, -0.2) is 36.4 Å². The van der Waals surface area contributed by atoms with Gasteiger partial charge in [0.15, 0.2) is 17.4 Å². The fraction of sp³-hybridized carbons (Fsp3) is 0.409. The zero-order valence-electron chi connectivity index (χ0n) is 17.6. The molecule has 3 rings (SSSR count). The van der Waals surface area contributed by atoms with Crippen molar-refractivity contribution >= 4 is 55.0 Å². The number of hydrogen-bond acceptors (Lipinski definition) is 2. The third-order valence-electron chi connectivity index (χ3n) is 3.65. The Bertz CT molecular complexity index is 629. The van der Waals surface area contributed by atoms with Gasteiger partial charge in [-0.3, -0.25) is 4.79 Å². The summed E-state index contributed by atoms with van der Waals surface area (Å²) >= 11 is 6.72. The summed E-state index contributed by atoms with van der Waals surface area (Å²) in [6.07, 6.45) is 5.50. The molecular formula is C22H32AlBr2LiO2. The van der Waals surface area contributed by atoms with Crippen LogP contribution in [-0.2, 0) is 22.4 Å². The molecule has 0 aliphatic carbocycles. The monoisotopic (exact) mass is 520 g/mol. The summed E-state index contributed by atoms with van der Waals surface area (Å²) in [5.41, 5.74) is 2.49. The molecule has 0 aromatic heterocycles. The van der Waals surface area contributed by atoms with Gasteiger partial charge in [-0.15, -0.1) is 0 Å². The summed E-state index contributed by atoms with van der Waals surface area (Å²) in [5, 5.41) is 0. The Hall–Kier alpha value is 0.160. The van der Waals surface area contributed by atoms with Gasteiger partial charge in [-0.05, 0) is 61.6 Å². The molecular weight excluding hydrogens is 490 g/mol. The molecule has 0 spiro atoms. The van der Waals surface area contributed by atoms with Crippen LogP contribution in [0.2, 0.25) is 0 Å². The van der Waals surface area contributed by atoms with Crippen LogP contribution in [0.15, 0.2) is 57.5 Å². The molecule has 1 fully saturated rings. The van der Waals surface area contributed by atoms with Crippen molar-refractivity contribution in [3.8, 4) is 0 Å². The fourth-order valence-corrected chi connectivity index (χ4v) is 2.87. The molecule has 2 aromatic rings. The van der Waals surface area contributed by atoms with Gasteiger partial charge >= 0.3 is 18.9 Å². The quantitative estimate of drug-likeness (QED) is 0.578. The minimum atomic E-state index is 0. The second-order valence-electron chi connectivity index (χ2n) is 6.20. The summed E-state index contributed by atoms with van der Waals surface area (Å²) in [5.74, 6) is 0.201. The number of rotatable bonds is 4. The molecule has 0 atom stereocenters. The largest absolute Gasteiger partial charge is 1.00 e. The van der Waals surface area contributed by atoms with E-state index in [9.17, 15) is 4.79 Å². The maximum absolute atomic E-state index is 10.7. The zero-order chi connectivity index (χ0) is 19.2. The van der Waals surface area contributed by atoms with Crippen molar-refractivity contribution in [1.82, 2.24) is 0 Å². The number of halogens is 2. The SMILES string of the molecule is C1CCOC1.CC(=O)Cc1ccc(Br)cc1.CCCc1ccc(Br)cc1.[AlH3].[H-].[Li+]. The second-order valence-corrected chi connectivity index (χ2v) is 8.03. The van der Waals surface area contributed by atoms with E-state index in [1.54, 1.807) is 6.92 Å². The smallest absolute Gasteiger partial charge is 1.00 e. The number of ether oxygens (including phenoxy) is 1. The number of Topliss-reactive ketones (excluding diaryl/α,β-unsaturated/α-hetero) is 1. The van der Waals surface area contributed by atoms with Crippen molar-refractivity contribution in [2.75, 3.05) is 13.2 Å². The van der Waals surface area contributed by atoms with Gasteiger partial charge in [0.25, 0.3) is 0 Å². The average molecular weight is 522 g/mol. The molecule has 1 saturated heterocycles. The topological polar surface area (TPSA) is 26.3 Å². The van der Waals surface area contributed by atoms with Crippen LogP contribution < -0.4 is 18.9 Å². The first-order valence-corrected chi connectivity index (χ1v) is 10.7. The van der Waals surface area contributed by atoms with Gasteiger partial charge in [0.2, 0.25) is 0 Å². The summed E-state index contributed by atoms with van der Waals surface area (Å²) < 4.78 is 7.15. The molecule has 1 aliphatic rings. The number of carbonyl (C=O) groups is 1. The first-order chi connectivity index (χ1) is 12.5. The Morgan fingerprint density at radius 2 is 1.36 bits per heavy atom. The van der Waals surface area contributed by atoms with E-state index in [-0.39, 0.29) is 43.4 Å². The van der Waals surface area contributed by atoms with E-state index in [4.69, 9.17) is 4.74 Å². The predicted octanol–water partition coefficient (Wildman–Crippen LogP) is 2.71. The molecule has 150 valence electrons. The van der Waals surface area contributed by atoms with E-state index in [1.165, 1.54) is 31.2 Å². The molecule has 2 aromatic carbocycles. The van der Waals surface area contributed by atoms with E-state index >= 15 is 0 Å². The van der Waals surface area contributed by atoms with E-state index in [0.717, 1.165) is 27.7 Å². The average Bonchev–Trinajstić information content (AvgIpc) is 3.19. The van der Waals surface area contributed by atoms with Crippen molar-refractivity contribution < 1.29 is 29.8 Å². The van der Waals surface area contributed by atoms with Crippen molar-refractivity contribution in [3.63, 3.8) is 0 Å². The number of hydrogen-bond donors (Lipinski definition) is 0. The Kier molecular flexibility index (Phi) is 20.8. The number of aryl methyl sites for hydroxylation is 1. The molecule has 0 unspecified atom stereocenters. The maximum atomic E-state index is 10.7. The molecule has 6 heteroatoms. The molecule has 2 nitrogen and oxygen atoms in total. The zero-order valence-corrected chi connectivity index (χ0v) is 19.8. The first kappa shape index (κ1) is 30.4. The summed E-state index contributed by atoms with van der Waals surface area (Å²) in [6, 6.07) is 16.3. The number of benzene rings is 2. The van der Waals surface area contributed by atoms with E-state index in [1.807, 2.05) is 24.3 Å². The maximum Gasteiger partial charge on any atom is 1.00 e. The minimum absolute atomic E-state index is 0. The van der Waals surface area contributed by atoms with Crippen LogP contribution in [0.5, 0.6) is 0 Å². The standard InChI is InChI=1S/C9H9BrO.C9H11Br.C4H8O.Al.Li.4H/c1-7(11)6-8-2-4-9(10)5-3-8;1-2-3-8-4-6-9(10)7-5-8;1-2-4-5-3-1;;;;;;/h2-5H,6H2,1H3;4-7H,2-3H2,1H3;1-4H2;;;;;;/q;;;;+1;;;;-1. The van der Waals surface area contributed by atoms with Crippen LogP contribution in [0.4, 0.5) is 0 Å². The van der Waals surface area contributed by atoms with E-state index in [2.05, 4.69) is 63.0 Å². The molecule has 0 N–H and O–H groups in total. The van der Waals surface area contributed by atoms with Crippen molar-refractivity contribution in [1.29, 1.82) is 0 Å². The second kappa shape index (κ2) is 19.1. The van der Waals surface area contributed by atoms with Gasteiger partial charge in [-0.25, -0.2) is 0 Å². The molecule has 0 bridgehead atoms. The Balaban J connectivity index is -0.000000350. The van der Waals surface area contributed by atoms with Crippen LogP contribution in [0.1, 0.15) is 45.7 Å². The van der Waals surface area contributed by atoms with Gasteiger partial charge in [-0.2, -0.15) is 0 Å².